The standard InChI is InChI=1S/C19H18FN3O4/c1-11(21-18(24)13-6-4-5-7-14(13)20)19-22-17(23-27-19)12-8-9-15(25-2)16(10-12)26-3/h4-11H,1-3H3,(H,21,24). The number of aromatic nitrogens is 2. The fourth-order valence-corrected chi connectivity index (χ4v) is 2.49. The number of halogens is 1. The van der Waals surface area contributed by atoms with Gasteiger partial charge in [0.1, 0.15) is 11.9 Å². The van der Waals surface area contributed by atoms with E-state index in [1.165, 1.54) is 25.3 Å². The predicted molar refractivity (Wildman–Crippen MR) is 95.1 cm³/mol. The van der Waals surface area contributed by atoms with Crippen LogP contribution in [-0.4, -0.2) is 30.3 Å². The van der Waals surface area contributed by atoms with Gasteiger partial charge in [-0.2, -0.15) is 4.98 Å². The quantitative estimate of drug-likeness (QED) is 0.715. The number of ether oxygens (including phenoxy) is 2. The summed E-state index contributed by atoms with van der Waals surface area (Å²) >= 11 is 0. The van der Waals surface area contributed by atoms with Crippen molar-refractivity contribution >= 4 is 5.91 Å². The first-order valence-electron chi connectivity index (χ1n) is 8.15. The fourth-order valence-electron chi connectivity index (χ4n) is 2.49. The third-order valence-electron chi connectivity index (χ3n) is 3.92. The maximum atomic E-state index is 13.7. The van der Waals surface area contributed by atoms with Crippen LogP contribution in [-0.2, 0) is 0 Å². The van der Waals surface area contributed by atoms with Gasteiger partial charge in [0, 0.05) is 5.56 Å². The van der Waals surface area contributed by atoms with Crippen molar-refractivity contribution in [1.29, 1.82) is 0 Å². The first kappa shape index (κ1) is 18.4. The van der Waals surface area contributed by atoms with Gasteiger partial charge in [-0.15, -0.1) is 0 Å². The Bertz CT molecular complexity index is 958. The summed E-state index contributed by atoms with van der Waals surface area (Å²) < 4.78 is 29.4. The highest BCUT2D eigenvalue weighted by atomic mass is 19.1. The number of hydrogen-bond donors (Lipinski definition) is 1. The second-order valence-electron chi connectivity index (χ2n) is 5.70. The molecule has 1 unspecified atom stereocenters. The van der Waals surface area contributed by atoms with Crippen molar-refractivity contribution in [3.05, 3.63) is 59.7 Å². The first-order chi connectivity index (χ1) is 13.0. The van der Waals surface area contributed by atoms with Crippen molar-refractivity contribution in [3.63, 3.8) is 0 Å². The van der Waals surface area contributed by atoms with Gasteiger partial charge in [-0.3, -0.25) is 4.79 Å². The smallest absolute Gasteiger partial charge is 0.254 e. The minimum absolute atomic E-state index is 0.0519. The molecular weight excluding hydrogens is 353 g/mol. The summed E-state index contributed by atoms with van der Waals surface area (Å²) in [5, 5.41) is 6.57. The average Bonchev–Trinajstić information content (AvgIpc) is 3.18. The summed E-state index contributed by atoms with van der Waals surface area (Å²) in [6, 6.07) is 10.3. The summed E-state index contributed by atoms with van der Waals surface area (Å²) in [6.07, 6.45) is 0. The van der Waals surface area contributed by atoms with Gasteiger partial charge in [-0.25, -0.2) is 4.39 Å². The van der Waals surface area contributed by atoms with E-state index < -0.39 is 17.8 Å². The van der Waals surface area contributed by atoms with Crippen molar-refractivity contribution in [3.8, 4) is 22.9 Å². The van der Waals surface area contributed by atoms with E-state index in [1.807, 2.05) is 0 Å². The van der Waals surface area contributed by atoms with Gasteiger partial charge in [-0.05, 0) is 37.3 Å². The van der Waals surface area contributed by atoms with Crippen molar-refractivity contribution in [1.82, 2.24) is 15.5 Å². The molecule has 1 N–H and O–H groups in total. The molecule has 8 heteroatoms. The monoisotopic (exact) mass is 371 g/mol. The molecule has 3 aromatic rings. The maximum Gasteiger partial charge on any atom is 0.254 e. The highest BCUT2D eigenvalue weighted by molar-refractivity contribution is 5.94. The Morgan fingerprint density at radius 3 is 2.59 bits per heavy atom. The maximum absolute atomic E-state index is 13.7. The van der Waals surface area contributed by atoms with Crippen LogP contribution in [0.5, 0.6) is 11.5 Å². The molecule has 0 radical (unpaired) electrons. The summed E-state index contributed by atoms with van der Waals surface area (Å²) in [7, 11) is 3.08. The van der Waals surface area contributed by atoms with Crippen LogP contribution in [0.4, 0.5) is 4.39 Å². The highest BCUT2D eigenvalue weighted by Crippen LogP contribution is 2.31. The SMILES string of the molecule is COc1ccc(-c2noc(C(C)NC(=O)c3ccccc3F)n2)cc1OC. The summed E-state index contributed by atoms with van der Waals surface area (Å²) in [6.45, 7) is 1.67. The van der Waals surface area contributed by atoms with Crippen LogP contribution in [0.15, 0.2) is 47.0 Å². The zero-order valence-corrected chi connectivity index (χ0v) is 15.0. The van der Waals surface area contributed by atoms with Crippen LogP contribution in [0, 0.1) is 5.82 Å². The van der Waals surface area contributed by atoms with Gasteiger partial charge in [0.15, 0.2) is 11.5 Å². The van der Waals surface area contributed by atoms with Crippen LogP contribution in [0.25, 0.3) is 11.4 Å². The number of rotatable bonds is 6. The zero-order chi connectivity index (χ0) is 19.4. The van der Waals surface area contributed by atoms with E-state index in [1.54, 1.807) is 38.3 Å². The molecule has 0 saturated carbocycles. The normalized spacial score (nSPS) is 11.7. The summed E-state index contributed by atoms with van der Waals surface area (Å²) in [4.78, 5) is 16.5. The van der Waals surface area contributed by atoms with E-state index in [2.05, 4.69) is 15.5 Å². The molecule has 0 aliphatic carbocycles. The van der Waals surface area contributed by atoms with Crippen LogP contribution in [0.2, 0.25) is 0 Å². The number of hydrogen-bond acceptors (Lipinski definition) is 6. The lowest BCUT2D eigenvalue weighted by Crippen LogP contribution is -2.27. The van der Waals surface area contributed by atoms with Crippen LogP contribution < -0.4 is 14.8 Å². The Morgan fingerprint density at radius 1 is 1.15 bits per heavy atom. The Hall–Kier alpha value is -3.42. The van der Waals surface area contributed by atoms with Crippen molar-refractivity contribution in [2.45, 2.75) is 13.0 Å². The Kier molecular flexibility index (Phi) is 5.35. The lowest BCUT2D eigenvalue weighted by molar-refractivity contribution is 0.0928. The molecule has 27 heavy (non-hydrogen) atoms. The fraction of sp³-hybridized carbons (Fsp3) is 0.211. The van der Waals surface area contributed by atoms with E-state index in [-0.39, 0.29) is 11.5 Å². The molecule has 3 rings (SSSR count). The van der Waals surface area contributed by atoms with Crippen molar-refractivity contribution in [2.75, 3.05) is 14.2 Å². The highest BCUT2D eigenvalue weighted by Gasteiger charge is 2.20. The molecule has 2 aromatic carbocycles. The number of carbonyl (C=O) groups excluding carboxylic acids is 1. The molecule has 1 amide bonds. The molecular formula is C19H18FN3O4. The number of methoxy groups -OCH3 is 2. The third-order valence-corrected chi connectivity index (χ3v) is 3.92. The number of amides is 1. The predicted octanol–water partition coefficient (Wildman–Crippen LogP) is 3.38. The van der Waals surface area contributed by atoms with Gasteiger partial charge < -0.3 is 19.3 Å². The van der Waals surface area contributed by atoms with E-state index in [0.717, 1.165) is 0 Å². The average molecular weight is 371 g/mol. The Morgan fingerprint density at radius 2 is 1.89 bits per heavy atom. The molecule has 1 atom stereocenters. The van der Waals surface area contributed by atoms with E-state index in [9.17, 15) is 9.18 Å². The van der Waals surface area contributed by atoms with Crippen LogP contribution >= 0.6 is 0 Å². The number of nitrogens with zero attached hydrogens (tertiary/aromatic N) is 2. The Balaban J connectivity index is 1.77. The number of carbonyl (C=O) groups is 1. The molecule has 0 aliphatic rings. The molecule has 0 spiro atoms. The minimum atomic E-state index is -0.599. The summed E-state index contributed by atoms with van der Waals surface area (Å²) in [5.74, 6) is 0.477. The van der Waals surface area contributed by atoms with Gasteiger partial charge in [0.05, 0.1) is 19.8 Å². The largest absolute Gasteiger partial charge is 0.493 e. The second kappa shape index (κ2) is 7.86. The first-order valence-corrected chi connectivity index (χ1v) is 8.15. The number of benzene rings is 2. The van der Waals surface area contributed by atoms with Crippen LogP contribution in [0.1, 0.15) is 29.2 Å². The van der Waals surface area contributed by atoms with E-state index in [0.29, 0.717) is 22.9 Å². The number of nitrogens with one attached hydrogen (secondary N) is 1. The van der Waals surface area contributed by atoms with Gasteiger partial charge in [0.2, 0.25) is 11.7 Å². The van der Waals surface area contributed by atoms with E-state index in [4.69, 9.17) is 14.0 Å². The molecule has 0 saturated heterocycles. The zero-order valence-electron chi connectivity index (χ0n) is 15.0. The second-order valence-corrected chi connectivity index (χ2v) is 5.70. The summed E-state index contributed by atoms with van der Waals surface area (Å²) in [5.41, 5.74) is 0.610. The molecule has 140 valence electrons. The van der Waals surface area contributed by atoms with Crippen molar-refractivity contribution < 1.29 is 23.2 Å². The molecule has 7 nitrogen and oxygen atoms in total. The lowest BCUT2D eigenvalue weighted by Gasteiger charge is -2.10. The van der Waals surface area contributed by atoms with Crippen LogP contribution in [0.3, 0.4) is 0 Å². The molecule has 0 fully saturated rings. The molecule has 0 bridgehead atoms. The van der Waals surface area contributed by atoms with Crippen molar-refractivity contribution in [2.24, 2.45) is 0 Å². The Labute approximate surface area is 155 Å². The molecule has 1 aromatic heterocycles. The van der Waals surface area contributed by atoms with Gasteiger partial charge in [-0.1, -0.05) is 17.3 Å². The van der Waals surface area contributed by atoms with Gasteiger partial charge >= 0.3 is 0 Å². The lowest BCUT2D eigenvalue weighted by atomic mass is 10.2. The molecule has 0 aliphatic heterocycles. The topological polar surface area (TPSA) is 86.5 Å². The van der Waals surface area contributed by atoms with E-state index >= 15 is 0 Å². The third kappa shape index (κ3) is 3.89. The minimum Gasteiger partial charge on any atom is -0.493 e. The van der Waals surface area contributed by atoms with Gasteiger partial charge in [0.25, 0.3) is 5.91 Å². The molecule has 1 heterocycles.